The lowest BCUT2D eigenvalue weighted by Gasteiger charge is -2.36. The van der Waals surface area contributed by atoms with E-state index in [4.69, 9.17) is 4.74 Å². The smallest absolute Gasteiger partial charge is 0.176 e. The van der Waals surface area contributed by atoms with Crippen molar-refractivity contribution in [2.45, 2.75) is 39.7 Å². The number of benzene rings is 1. The van der Waals surface area contributed by atoms with Gasteiger partial charge in [-0.2, -0.15) is 0 Å². The van der Waals surface area contributed by atoms with Crippen LogP contribution < -0.4 is 4.74 Å². The van der Waals surface area contributed by atoms with Gasteiger partial charge in [-0.15, -0.1) is 0 Å². The van der Waals surface area contributed by atoms with E-state index >= 15 is 0 Å². The number of carbonyl (C=O) groups excluding carboxylic acids is 1. The van der Waals surface area contributed by atoms with Crippen molar-refractivity contribution in [3.63, 3.8) is 0 Å². The van der Waals surface area contributed by atoms with E-state index < -0.39 is 0 Å². The lowest BCUT2D eigenvalue weighted by atomic mass is 9.94. The van der Waals surface area contributed by atoms with Crippen LogP contribution in [-0.2, 0) is 0 Å². The average molecular weight is 275 g/mol. The molecule has 0 amide bonds. The van der Waals surface area contributed by atoms with Gasteiger partial charge in [0.25, 0.3) is 0 Å². The molecule has 1 fully saturated rings. The highest BCUT2D eigenvalue weighted by Crippen LogP contribution is 2.22. The van der Waals surface area contributed by atoms with Gasteiger partial charge in [-0.3, -0.25) is 9.69 Å². The third-order valence-electron chi connectivity index (χ3n) is 4.08. The van der Waals surface area contributed by atoms with E-state index in [-0.39, 0.29) is 5.78 Å². The average Bonchev–Trinajstić information content (AvgIpc) is 2.44. The molecule has 2 rings (SSSR count). The number of piperidine rings is 1. The molecule has 0 bridgehead atoms. The van der Waals surface area contributed by atoms with Gasteiger partial charge in [0.05, 0.1) is 13.2 Å². The molecule has 1 aliphatic rings. The fraction of sp³-hybridized carbons (Fsp3) is 0.588. The van der Waals surface area contributed by atoms with Crippen molar-refractivity contribution in [1.29, 1.82) is 0 Å². The molecule has 0 radical (unpaired) electrons. The Bertz CT molecular complexity index is 441. The number of likely N-dealkylation sites (tertiary alicyclic amines) is 1. The van der Waals surface area contributed by atoms with Gasteiger partial charge in [-0.1, -0.05) is 6.92 Å². The molecule has 0 spiro atoms. The van der Waals surface area contributed by atoms with E-state index in [2.05, 4.69) is 18.7 Å². The maximum atomic E-state index is 12.4. The van der Waals surface area contributed by atoms with Crippen LogP contribution in [0.15, 0.2) is 24.3 Å². The minimum Gasteiger partial charge on any atom is -0.494 e. The van der Waals surface area contributed by atoms with Gasteiger partial charge < -0.3 is 4.74 Å². The van der Waals surface area contributed by atoms with Crippen LogP contribution in [0.2, 0.25) is 0 Å². The number of carbonyl (C=O) groups is 1. The second-order valence-corrected chi connectivity index (χ2v) is 5.84. The Balaban J connectivity index is 1.96. The Kier molecular flexibility index (Phi) is 5.18. The molecule has 0 aliphatic carbocycles. The van der Waals surface area contributed by atoms with E-state index in [9.17, 15) is 4.79 Å². The van der Waals surface area contributed by atoms with Crippen LogP contribution in [0.1, 0.15) is 44.0 Å². The molecule has 1 aromatic rings. The van der Waals surface area contributed by atoms with Gasteiger partial charge in [0, 0.05) is 18.2 Å². The molecule has 0 aromatic heterocycles. The van der Waals surface area contributed by atoms with E-state index in [1.165, 1.54) is 12.8 Å². The molecule has 3 nitrogen and oxygen atoms in total. The Labute approximate surface area is 121 Å². The second kappa shape index (κ2) is 6.89. The monoisotopic (exact) mass is 275 g/mol. The number of Topliss-reactive ketones (excluding diaryl/α,β-unsaturated/α-hetero) is 1. The zero-order chi connectivity index (χ0) is 14.5. The normalized spacial score (nSPS) is 23.6. The predicted molar refractivity (Wildman–Crippen MR) is 81.4 cm³/mol. The summed E-state index contributed by atoms with van der Waals surface area (Å²) in [6.07, 6.45) is 2.46. The summed E-state index contributed by atoms with van der Waals surface area (Å²) >= 11 is 0. The number of ketones is 1. The summed E-state index contributed by atoms with van der Waals surface area (Å²) in [6.45, 7) is 8.65. The fourth-order valence-corrected chi connectivity index (χ4v) is 2.78. The van der Waals surface area contributed by atoms with Gasteiger partial charge in [-0.05, 0) is 56.9 Å². The molecular formula is C17H25NO2. The Morgan fingerprint density at radius 2 is 1.95 bits per heavy atom. The van der Waals surface area contributed by atoms with Crippen LogP contribution in [0.4, 0.5) is 0 Å². The molecule has 0 saturated carbocycles. The molecule has 1 saturated heterocycles. The van der Waals surface area contributed by atoms with Crippen LogP contribution in [0.25, 0.3) is 0 Å². The summed E-state index contributed by atoms with van der Waals surface area (Å²) in [5.74, 6) is 1.72. The van der Waals surface area contributed by atoms with Gasteiger partial charge in [-0.25, -0.2) is 0 Å². The molecule has 2 atom stereocenters. The largest absolute Gasteiger partial charge is 0.494 e. The summed E-state index contributed by atoms with van der Waals surface area (Å²) < 4.78 is 5.40. The number of hydrogen-bond acceptors (Lipinski definition) is 3. The number of rotatable bonds is 5. The topological polar surface area (TPSA) is 29.5 Å². The number of hydrogen-bond donors (Lipinski definition) is 0. The van der Waals surface area contributed by atoms with E-state index in [1.807, 2.05) is 31.2 Å². The summed E-state index contributed by atoms with van der Waals surface area (Å²) in [4.78, 5) is 14.7. The third-order valence-corrected chi connectivity index (χ3v) is 4.08. The van der Waals surface area contributed by atoms with E-state index in [0.29, 0.717) is 25.1 Å². The molecule has 110 valence electrons. The zero-order valence-corrected chi connectivity index (χ0v) is 12.8. The van der Waals surface area contributed by atoms with Crippen LogP contribution >= 0.6 is 0 Å². The highest BCUT2D eigenvalue weighted by atomic mass is 16.5. The van der Waals surface area contributed by atoms with Crippen LogP contribution in [0, 0.1) is 5.92 Å². The fourth-order valence-electron chi connectivity index (χ4n) is 2.78. The van der Waals surface area contributed by atoms with Crippen LogP contribution in [-0.4, -0.2) is 36.4 Å². The first-order valence-corrected chi connectivity index (χ1v) is 7.60. The van der Waals surface area contributed by atoms with Gasteiger partial charge in [0.1, 0.15) is 5.75 Å². The molecule has 3 heteroatoms. The van der Waals surface area contributed by atoms with Crippen molar-refractivity contribution in [3.8, 4) is 5.75 Å². The summed E-state index contributed by atoms with van der Waals surface area (Å²) in [6, 6.07) is 7.99. The molecule has 20 heavy (non-hydrogen) atoms. The SMILES string of the molecule is CCOc1ccc(C(=O)CN2CC(C)CCC2C)cc1. The van der Waals surface area contributed by atoms with Gasteiger partial charge in [0.15, 0.2) is 5.78 Å². The lowest BCUT2D eigenvalue weighted by Crippen LogP contribution is -2.43. The van der Waals surface area contributed by atoms with E-state index in [1.54, 1.807) is 0 Å². The van der Waals surface area contributed by atoms with Gasteiger partial charge in [0.2, 0.25) is 0 Å². The second-order valence-electron chi connectivity index (χ2n) is 5.84. The maximum Gasteiger partial charge on any atom is 0.176 e. The third kappa shape index (κ3) is 3.83. The van der Waals surface area contributed by atoms with Gasteiger partial charge >= 0.3 is 0 Å². The van der Waals surface area contributed by atoms with Crippen LogP contribution in [0.3, 0.4) is 0 Å². The molecule has 1 aromatic carbocycles. The molecule has 1 heterocycles. The lowest BCUT2D eigenvalue weighted by molar-refractivity contribution is 0.0805. The van der Waals surface area contributed by atoms with Crippen molar-refractivity contribution in [2.24, 2.45) is 5.92 Å². The Morgan fingerprint density at radius 1 is 1.25 bits per heavy atom. The van der Waals surface area contributed by atoms with Crippen molar-refractivity contribution < 1.29 is 9.53 Å². The molecular weight excluding hydrogens is 250 g/mol. The van der Waals surface area contributed by atoms with Crippen molar-refractivity contribution in [2.75, 3.05) is 19.7 Å². The standard InChI is InChI=1S/C17H25NO2/c1-4-20-16-9-7-15(8-10-16)17(19)12-18-11-13(2)5-6-14(18)3/h7-10,13-14H,4-6,11-12H2,1-3H3. The minimum atomic E-state index is 0.203. The summed E-state index contributed by atoms with van der Waals surface area (Å²) in [7, 11) is 0. The first kappa shape index (κ1) is 15.0. The summed E-state index contributed by atoms with van der Waals surface area (Å²) in [5.41, 5.74) is 0.777. The highest BCUT2D eigenvalue weighted by Gasteiger charge is 2.24. The summed E-state index contributed by atoms with van der Waals surface area (Å²) in [5, 5.41) is 0. The molecule has 2 unspecified atom stereocenters. The Hall–Kier alpha value is -1.35. The van der Waals surface area contributed by atoms with Crippen molar-refractivity contribution >= 4 is 5.78 Å². The molecule has 0 N–H and O–H groups in total. The number of nitrogens with zero attached hydrogens (tertiary/aromatic N) is 1. The van der Waals surface area contributed by atoms with Crippen molar-refractivity contribution in [3.05, 3.63) is 29.8 Å². The quantitative estimate of drug-likeness (QED) is 0.771. The first-order valence-electron chi connectivity index (χ1n) is 7.60. The van der Waals surface area contributed by atoms with Crippen molar-refractivity contribution in [1.82, 2.24) is 4.90 Å². The first-order chi connectivity index (χ1) is 9.60. The van der Waals surface area contributed by atoms with E-state index in [0.717, 1.165) is 17.9 Å². The van der Waals surface area contributed by atoms with Crippen LogP contribution in [0.5, 0.6) is 5.75 Å². The predicted octanol–water partition coefficient (Wildman–Crippen LogP) is 3.39. The molecule has 1 aliphatic heterocycles. The minimum absolute atomic E-state index is 0.203. The highest BCUT2D eigenvalue weighted by molar-refractivity contribution is 5.97. The number of ether oxygens (including phenoxy) is 1. The Morgan fingerprint density at radius 3 is 2.60 bits per heavy atom. The zero-order valence-electron chi connectivity index (χ0n) is 12.8. The maximum absolute atomic E-state index is 12.4.